The molecule has 5 nitrogen and oxygen atoms in total. The summed E-state index contributed by atoms with van der Waals surface area (Å²) in [5.41, 5.74) is 0.833. The van der Waals surface area contributed by atoms with Crippen molar-refractivity contribution in [2.75, 3.05) is 13.1 Å². The summed E-state index contributed by atoms with van der Waals surface area (Å²) < 4.78 is 3.80. The number of nitrogens with zero attached hydrogens (tertiary/aromatic N) is 2. The maximum Gasteiger partial charge on any atom is 0.242 e. The van der Waals surface area contributed by atoms with Crippen molar-refractivity contribution in [1.82, 2.24) is 20.2 Å². The number of rotatable bonds is 1. The average Bonchev–Trinajstić information content (AvgIpc) is 2.52. The van der Waals surface area contributed by atoms with Crippen LogP contribution in [0.5, 0.6) is 0 Å². The minimum atomic E-state index is -0.256. The summed E-state index contributed by atoms with van der Waals surface area (Å²) in [7, 11) is 0. The van der Waals surface area contributed by atoms with Crippen LogP contribution in [0.3, 0.4) is 0 Å². The molecule has 0 saturated carbocycles. The van der Waals surface area contributed by atoms with Crippen molar-refractivity contribution < 1.29 is 4.79 Å². The lowest BCUT2D eigenvalue weighted by atomic mass is 10.1. The van der Waals surface area contributed by atoms with Gasteiger partial charge in [-0.25, -0.2) is 0 Å². The van der Waals surface area contributed by atoms with Gasteiger partial charge in [-0.2, -0.15) is 0 Å². The van der Waals surface area contributed by atoms with E-state index < -0.39 is 0 Å². The number of aryl methyl sites for hydroxylation is 1. The van der Waals surface area contributed by atoms with Gasteiger partial charge in [0.15, 0.2) is 0 Å². The van der Waals surface area contributed by atoms with Gasteiger partial charge in [-0.15, -0.1) is 5.10 Å². The number of amides is 1. The molecule has 1 aromatic rings. The number of carbonyl (C=O) groups is 1. The Balaban J connectivity index is 2.24. The van der Waals surface area contributed by atoms with Gasteiger partial charge in [0.1, 0.15) is 6.04 Å². The predicted octanol–water partition coefficient (Wildman–Crippen LogP) is -0.393. The van der Waals surface area contributed by atoms with Crippen LogP contribution >= 0.6 is 11.5 Å². The molecule has 1 unspecified atom stereocenters. The van der Waals surface area contributed by atoms with Crippen LogP contribution < -0.4 is 10.6 Å². The Bertz CT molecular complexity index is 324. The number of nitrogens with one attached hydrogen (secondary N) is 2. The molecule has 1 aromatic heterocycles. The first-order chi connectivity index (χ1) is 6.29. The van der Waals surface area contributed by atoms with Gasteiger partial charge < -0.3 is 5.32 Å². The second-order valence-electron chi connectivity index (χ2n) is 2.90. The second-order valence-corrected chi connectivity index (χ2v) is 3.69. The molecule has 1 fully saturated rings. The van der Waals surface area contributed by atoms with E-state index in [1.807, 2.05) is 6.92 Å². The first kappa shape index (κ1) is 8.58. The molecule has 0 aliphatic carbocycles. The fourth-order valence-electron chi connectivity index (χ4n) is 1.31. The number of hydrogen-bond acceptors (Lipinski definition) is 5. The van der Waals surface area contributed by atoms with E-state index in [2.05, 4.69) is 20.2 Å². The van der Waals surface area contributed by atoms with E-state index in [0.717, 1.165) is 17.1 Å². The minimum Gasteiger partial charge on any atom is -0.353 e. The molecule has 2 N–H and O–H groups in total. The normalized spacial score (nSPS) is 22.8. The first-order valence-corrected chi connectivity index (χ1v) is 4.86. The van der Waals surface area contributed by atoms with Crippen molar-refractivity contribution in [2.45, 2.75) is 13.0 Å². The Labute approximate surface area is 79.7 Å². The molecule has 1 amide bonds. The molecule has 1 aliphatic heterocycles. The fourth-order valence-corrected chi connectivity index (χ4v) is 2.03. The topological polar surface area (TPSA) is 66.9 Å². The van der Waals surface area contributed by atoms with E-state index in [4.69, 9.17) is 0 Å². The maximum absolute atomic E-state index is 11.4. The van der Waals surface area contributed by atoms with Crippen LogP contribution in [0.15, 0.2) is 0 Å². The van der Waals surface area contributed by atoms with Gasteiger partial charge in [0.25, 0.3) is 0 Å². The van der Waals surface area contributed by atoms with E-state index in [9.17, 15) is 4.79 Å². The van der Waals surface area contributed by atoms with Gasteiger partial charge in [0.05, 0.1) is 10.6 Å². The zero-order valence-electron chi connectivity index (χ0n) is 7.20. The van der Waals surface area contributed by atoms with Crippen LogP contribution in [0, 0.1) is 6.92 Å². The fraction of sp³-hybridized carbons (Fsp3) is 0.571. The highest BCUT2D eigenvalue weighted by Gasteiger charge is 2.26. The molecule has 70 valence electrons. The molecule has 2 rings (SSSR count). The summed E-state index contributed by atoms with van der Waals surface area (Å²) in [4.78, 5) is 12.3. The van der Waals surface area contributed by atoms with Crippen molar-refractivity contribution in [3.8, 4) is 0 Å². The molecule has 6 heteroatoms. The molecular formula is C7H10N4OS. The van der Waals surface area contributed by atoms with Crippen molar-refractivity contribution in [3.05, 3.63) is 10.6 Å². The van der Waals surface area contributed by atoms with Crippen LogP contribution in [0.1, 0.15) is 16.6 Å². The van der Waals surface area contributed by atoms with Crippen molar-refractivity contribution in [2.24, 2.45) is 0 Å². The minimum absolute atomic E-state index is 0.0143. The van der Waals surface area contributed by atoms with Gasteiger partial charge in [0.2, 0.25) is 5.91 Å². The van der Waals surface area contributed by atoms with Crippen LogP contribution in [-0.4, -0.2) is 28.6 Å². The maximum atomic E-state index is 11.4. The summed E-state index contributed by atoms with van der Waals surface area (Å²) in [5.74, 6) is 0.0143. The Morgan fingerprint density at radius 3 is 3.00 bits per heavy atom. The quantitative estimate of drug-likeness (QED) is 0.645. The summed E-state index contributed by atoms with van der Waals surface area (Å²) >= 11 is 1.28. The summed E-state index contributed by atoms with van der Waals surface area (Å²) in [5, 5.41) is 9.80. The Morgan fingerprint density at radius 2 is 2.38 bits per heavy atom. The number of aromatic nitrogens is 2. The van der Waals surface area contributed by atoms with Gasteiger partial charge in [-0.05, 0) is 18.5 Å². The molecule has 2 heterocycles. The van der Waals surface area contributed by atoms with Crippen LogP contribution in [-0.2, 0) is 4.79 Å². The average molecular weight is 198 g/mol. The van der Waals surface area contributed by atoms with Crippen LogP contribution in [0.2, 0.25) is 0 Å². The lowest BCUT2D eigenvalue weighted by Crippen LogP contribution is -2.47. The summed E-state index contributed by atoms with van der Waals surface area (Å²) in [6.45, 7) is 3.36. The van der Waals surface area contributed by atoms with Crippen LogP contribution in [0.25, 0.3) is 0 Å². The predicted molar refractivity (Wildman–Crippen MR) is 48.4 cm³/mol. The largest absolute Gasteiger partial charge is 0.353 e. The van der Waals surface area contributed by atoms with E-state index >= 15 is 0 Å². The lowest BCUT2D eigenvalue weighted by molar-refractivity contribution is -0.124. The SMILES string of the molecule is Cc1nnsc1C1NCCNC1=O. The molecule has 1 aliphatic rings. The highest BCUT2D eigenvalue weighted by molar-refractivity contribution is 7.05. The Morgan fingerprint density at radius 1 is 1.54 bits per heavy atom. The molecule has 0 aromatic carbocycles. The standard InChI is InChI=1S/C7H10N4OS/c1-4-6(13-11-10-4)5-7(12)9-3-2-8-5/h5,8H,2-3H2,1H3,(H,9,12). The molecule has 0 spiro atoms. The van der Waals surface area contributed by atoms with E-state index in [0.29, 0.717) is 6.54 Å². The van der Waals surface area contributed by atoms with Crippen molar-refractivity contribution in [3.63, 3.8) is 0 Å². The van der Waals surface area contributed by atoms with Gasteiger partial charge in [-0.3, -0.25) is 10.1 Å². The molecule has 1 saturated heterocycles. The van der Waals surface area contributed by atoms with E-state index in [1.54, 1.807) is 0 Å². The molecule has 0 radical (unpaired) electrons. The van der Waals surface area contributed by atoms with E-state index in [-0.39, 0.29) is 11.9 Å². The Hall–Kier alpha value is -1.01. The van der Waals surface area contributed by atoms with Crippen molar-refractivity contribution in [1.29, 1.82) is 0 Å². The zero-order valence-corrected chi connectivity index (χ0v) is 8.02. The van der Waals surface area contributed by atoms with Gasteiger partial charge in [0, 0.05) is 13.1 Å². The van der Waals surface area contributed by atoms with Gasteiger partial charge >= 0.3 is 0 Å². The van der Waals surface area contributed by atoms with Crippen molar-refractivity contribution >= 4 is 17.4 Å². The summed E-state index contributed by atoms with van der Waals surface area (Å²) in [6, 6.07) is -0.256. The summed E-state index contributed by atoms with van der Waals surface area (Å²) in [6.07, 6.45) is 0. The first-order valence-electron chi connectivity index (χ1n) is 4.09. The number of hydrogen-bond donors (Lipinski definition) is 2. The molecule has 1 atom stereocenters. The third kappa shape index (κ3) is 1.54. The third-order valence-corrected chi connectivity index (χ3v) is 2.87. The monoisotopic (exact) mass is 198 g/mol. The number of piperazine rings is 1. The zero-order chi connectivity index (χ0) is 9.26. The lowest BCUT2D eigenvalue weighted by Gasteiger charge is -2.22. The smallest absolute Gasteiger partial charge is 0.242 e. The third-order valence-electron chi connectivity index (χ3n) is 1.98. The van der Waals surface area contributed by atoms with Crippen LogP contribution in [0.4, 0.5) is 0 Å². The molecule has 13 heavy (non-hydrogen) atoms. The second kappa shape index (κ2) is 3.39. The molecular weight excluding hydrogens is 188 g/mol. The van der Waals surface area contributed by atoms with E-state index in [1.165, 1.54) is 11.5 Å². The highest BCUT2D eigenvalue weighted by Crippen LogP contribution is 2.20. The highest BCUT2D eigenvalue weighted by atomic mass is 32.1. The Kier molecular flexibility index (Phi) is 2.24. The molecule has 0 bridgehead atoms. The number of carbonyl (C=O) groups excluding carboxylic acids is 1. The van der Waals surface area contributed by atoms with Gasteiger partial charge in [-0.1, -0.05) is 4.49 Å².